The highest BCUT2D eigenvalue weighted by Crippen LogP contribution is 2.37. The molecule has 1 atom stereocenters. The molecule has 0 saturated heterocycles. The summed E-state index contributed by atoms with van der Waals surface area (Å²) < 4.78 is 21.6. The van der Waals surface area contributed by atoms with Crippen LogP contribution in [0.3, 0.4) is 0 Å². The zero-order valence-corrected chi connectivity index (χ0v) is 20.1. The van der Waals surface area contributed by atoms with Crippen LogP contribution in [0, 0.1) is 0 Å². The van der Waals surface area contributed by atoms with Crippen molar-refractivity contribution in [2.75, 3.05) is 48.6 Å². The van der Waals surface area contributed by atoms with Crippen LogP contribution < -0.4 is 24.3 Å². The minimum Gasteiger partial charge on any atom is -0.493 e. The lowest BCUT2D eigenvalue weighted by Crippen LogP contribution is -2.26. The number of methoxy groups -OCH3 is 4. The van der Waals surface area contributed by atoms with Crippen LogP contribution in [0.1, 0.15) is 35.4 Å². The summed E-state index contributed by atoms with van der Waals surface area (Å²) in [4.78, 5) is 15.1. The summed E-state index contributed by atoms with van der Waals surface area (Å²) in [5, 5.41) is 2.88. The Morgan fingerprint density at radius 1 is 0.879 bits per heavy atom. The van der Waals surface area contributed by atoms with Gasteiger partial charge in [0.2, 0.25) is 5.91 Å². The Labute approximate surface area is 196 Å². The van der Waals surface area contributed by atoms with E-state index in [9.17, 15) is 4.79 Å². The van der Waals surface area contributed by atoms with Crippen molar-refractivity contribution < 1.29 is 23.7 Å². The molecular formula is C26H34N2O5. The number of ether oxygens (including phenoxy) is 4. The van der Waals surface area contributed by atoms with Gasteiger partial charge in [-0.3, -0.25) is 4.79 Å². The molecule has 1 aliphatic heterocycles. The fraction of sp³-hybridized carbons (Fsp3) is 0.423. The third-order valence-corrected chi connectivity index (χ3v) is 6.03. The number of carbonyl (C=O) groups excluding carboxylic acids is 1. The lowest BCUT2D eigenvalue weighted by molar-refractivity contribution is -0.121. The molecule has 3 rings (SSSR count). The molecule has 7 nitrogen and oxygen atoms in total. The van der Waals surface area contributed by atoms with E-state index in [0.717, 1.165) is 55.0 Å². The molecule has 0 saturated carbocycles. The average molecular weight is 455 g/mol. The van der Waals surface area contributed by atoms with E-state index in [1.54, 1.807) is 34.6 Å². The van der Waals surface area contributed by atoms with Gasteiger partial charge >= 0.3 is 0 Å². The molecule has 0 spiro atoms. The van der Waals surface area contributed by atoms with E-state index < -0.39 is 0 Å². The van der Waals surface area contributed by atoms with Crippen molar-refractivity contribution in [2.24, 2.45) is 0 Å². The van der Waals surface area contributed by atoms with Crippen LogP contribution in [0.5, 0.6) is 23.0 Å². The van der Waals surface area contributed by atoms with Gasteiger partial charge in [0.05, 0.1) is 34.4 Å². The first-order chi connectivity index (χ1) is 16.0. The molecule has 1 N–H and O–H groups in total. The van der Waals surface area contributed by atoms with Gasteiger partial charge in [-0.2, -0.15) is 0 Å². The molecule has 2 aromatic carbocycles. The van der Waals surface area contributed by atoms with Crippen LogP contribution in [0.2, 0.25) is 0 Å². The molecule has 0 radical (unpaired) electrons. The third kappa shape index (κ3) is 5.99. The molecule has 2 aromatic rings. The maximum Gasteiger partial charge on any atom is 0.231 e. The van der Waals surface area contributed by atoms with E-state index in [4.69, 9.17) is 18.9 Å². The maximum absolute atomic E-state index is 12.8. The van der Waals surface area contributed by atoms with Crippen LogP contribution in [0.15, 0.2) is 36.5 Å². The highest BCUT2D eigenvalue weighted by molar-refractivity contribution is 5.88. The Hall–Kier alpha value is -3.19. The SMILES string of the molecule is COc1ccc(CCN(C)CCCC2C(=O)NC=Cc3cc(OC)c(OC)cc32)cc1OC. The Morgan fingerprint density at radius 2 is 1.55 bits per heavy atom. The van der Waals surface area contributed by atoms with Crippen molar-refractivity contribution in [3.8, 4) is 23.0 Å². The number of amides is 1. The second kappa shape index (κ2) is 11.6. The number of fused-ring (bicyclic) bond motifs is 1. The number of nitrogens with one attached hydrogen (secondary N) is 1. The summed E-state index contributed by atoms with van der Waals surface area (Å²) in [5.74, 6) is 2.54. The second-order valence-electron chi connectivity index (χ2n) is 8.12. The van der Waals surface area contributed by atoms with Crippen molar-refractivity contribution >= 4 is 12.0 Å². The molecule has 1 amide bonds. The summed E-state index contributed by atoms with van der Waals surface area (Å²) in [6.45, 7) is 1.81. The van der Waals surface area contributed by atoms with Crippen LogP contribution in [0.4, 0.5) is 0 Å². The van der Waals surface area contributed by atoms with Crippen LogP contribution >= 0.6 is 0 Å². The van der Waals surface area contributed by atoms with E-state index in [1.807, 2.05) is 30.3 Å². The summed E-state index contributed by atoms with van der Waals surface area (Å²) in [6.07, 6.45) is 6.16. The van der Waals surface area contributed by atoms with Gasteiger partial charge in [0, 0.05) is 12.7 Å². The highest BCUT2D eigenvalue weighted by atomic mass is 16.5. The zero-order chi connectivity index (χ0) is 23.8. The number of likely N-dealkylation sites (N-methyl/N-ethyl adjacent to an activating group) is 1. The van der Waals surface area contributed by atoms with Gasteiger partial charge < -0.3 is 29.2 Å². The van der Waals surface area contributed by atoms with Gasteiger partial charge in [-0.25, -0.2) is 0 Å². The van der Waals surface area contributed by atoms with E-state index in [2.05, 4.69) is 23.3 Å². The molecule has 7 heteroatoms. The van der Waals surface area contributed by atoms with E-state index >= 15 is 0 Å². The minimum absolute atomic E-state index is 0.00482. The zero-order valence-electron chi connectivity index (χ0n) is 20.1. The molecule has 178 valence electrons. The Morgan fingerprint density at radius 3 is 2.24 bits per heavy atom. The highest BCUT2D eigenvalue weighted by Gasteiger charge is 2.26. The molecule has 1 heterocycles. The normalized spacial score (nSPS) is 15.0. The van der Waals surface area contributed by atoms with Crippen LogP contribution in [-0.2, 0) is 11.2 Å². The Balaban J connectivity index is 1.59. The van der Waals surface area contributed by atoms with Gasteiger partial charge in [-0.05, 0) is 79.9 Å². The van der Waals surface area contributed by atoms with Crippen LogP contribution in [0.25, 0.3) is 6.08 Å². The number of nitrogens with zero attached hydrogens (tertiary/aromatic N) is 1. The smallest absolute Gasteiger partial charge is 0.231 e. The predicted molar refractivity (Wildman–Crippen MR) is 129 cm³/mol. The Kier molecular flexibility index (Phi) is 8.60. The second-order valence-corrected chi connectivity index (χ2v) is 8.12. The molecule has 1 unspecified atom stereocenters. The first-order valence-corrected chi connectivity index (χ1v) is 11.1. The lowest BCUT2D eigenvalue weighted by atomic mass is 9.89. The first-order valence-electron chi connectivity index (χ1n) is 11.1. The van der Waals surface area contributed by atoms with Gasteiger partial charge in [0.15, 0.2) is 23.0 Å². The monoisotopic (exact) mass is 454 g/mol. The topological polar surface area (TPSA) is 69.3 Å². The van der Waals surface area contributed by atoms with Crippen molar-refractivity contribution in [1.82, 2.24) is 10.2 Å². The quantitative estimate of drug-likeness (QED) is 0.556. The first kappa shape index (κ1) is 24.5. The summed E-state index contributed by atoms with van der Waals surface area (Å²) in [6, 6.07) is 9.88. The van der Waals surface area contributed by atoms with Crippen LogP contribution in [-0.4, -0.2) is 59.4 Å². The minimum atomic E-state index is -0.242. The summed E-state index contributed by atoms with van der Waals surface area (Å²) in [5.41, 5.74) is 3.13. The van der Waals surface area contributed by atoms with Gasteiger partial charge in [0.1, 0.15) is 0 Å². The van der Waals surface area contributed by atoms with E-state index in [-0.39, 0.29) is 11.8 Å². The number of rotatable bonds is 11. The number of benzene rings is 2. The molecule has 0 fully saturated rings. The molecule has 0 bridgehead atoms. The van der Waals surface area contributed by atoms with Crippen molar-refractivity contribution in [3.05, 3.63) is 53.2 Å². The van der Waals surface area contributed by atoms with Gasteiger partial charge in [-0.15, -0.1) is 0 Å². The Bertz CT molecular complexity index is 989. The van der Waals surface area contributed by atoms with Gasteiger partial charge in [-0.1, -0.05) is 6.07 Å². The number of carbonyl (C=O) groups is 1. The molecule has 33 heavy (non-hydrogen) atoms. The largest absolute Gasteiger partial charge is 0.493 e. The lowest BCUT2D eigenvalue weighted by Gasteiger charge is -2.21. The molecular weight excluding hydrogens is 420 g/mol. The van der Waals surface area contributed by atoms with Gasteiger partial charge in [0.25, 0.3) is 0 Å². The van der Waals surface area contributed by atoms with E-state index in [1.165, 1.54) is 5.56 Å². The predicted octanol–water partition coefficient (Wildman–Crippen LogP) is 3.86. The van der Waals surface area contributed by atoms with E-state index in [0.29, 0.717) is 11.5 Å². The summed E-state index contributed by atoms with van der Waals surface area (Å²) in [7, 11) is 8.62. The standard InChI is InChI=1S/C26H34N2O5/c1-28(14-11-18-8-9-22(30-2)23(15-18)31-3)13-6-7-20-21-17-25(33-5)24(32-4)16-19(21)10-12-27-26(20)29/h8-10,12,15-17,20H,6-7,11,13-14H2,1-5H3,(H,27,29). The summed E-state index contributed by atoms with van der Waals surface area (Å²) >= 11 is 0. The fourth-order valence-corrected chi connectivity index (χ4v) is 4.13. The molecule has 1 aliphatic rings. The van der Waals surface area contributed by atoms with Crippen molar-refractivity contribution in [3.63, 3.8) is 0 Å². The maximum atomic E-state index is 12.8. The average Bonchev–Trinajstić information content (AvgIpc) is 2.99. The number of hydrogen-bond donors (Lipinski definition) is 1. The van der Waals surface area contributed by atoms with Crippen molar-refractivity contribution in [1.29, 1.82) is 0 Å². The van der Waals surface area contributed by atoms with Crippen molar-refractivity contribution in [2.45, 2.75) is 25.2 Å². The number of hydrogen-bond acceptors (Lipinski definition) is 6. The molecule has 0 aromatic heterocycles. The fourth-order valence-electron chi connectivity index (χ4n) is 4.13. The molecule has 0 aliphatic carbocycles. The third-order valence-electron chi connectivity index (χ3n) is 6.03.